The molecule has 0 aliphatic rings. The molecular formula is C12H7N2Rh-. The standard InChI is InChI=1S/C12H7N2.Rh/c1-2-6-10-9(5-1)13-11-7-3-4-8-12(11)14-10;/h1-7H;/q-1;. The van der Waals surface area contributed by atoms with Gasteiger partial charge in [0.05, 0.1) is 11.0 Å². The SMILES string of the molecule is [Rh].[c-]1cccc2nc3ccccc3nc12. The summed E-state index contributed by atoms with van der Waals surface area (Å²) in [6, 6.07) is 16.7. The van der Waals surface area contributed by atoms with Gasteiger partial charge >= 0.3 is 0 Å². The third kappa shape index (κ3) is 1.75. The summed E-state index contributed by atoms with van der Waals surface area (Å²) in [5.41, 5.74) is 3.57. The number of nitrogens with zero attached hydrogens (tertiary/aromatic N) is 2. The third-order valence-corrected chi connectivity index (χ3v) is 2.17. The number of fused-ring (bicyclic) bond motifs is 2. The van der Waals surface area contributed by atoms with Gasteiger partial charge in [-0.1, -0.05) is 12.1 Å². The maximum Gasteiger partial charge on any atom is 0.0855 e. The summed E-state index contributed by atoms with van der Waals surface area (Å²) in [5, 5.41) is 0. The van der Waals surface area contributed by atoms with Crippen LogP contribution in [0.2, 0.25) is 0 Å². The molecule has 75 valence electrons. The van der Waals surface area contributed by atoms with Crippen molar-refractivity contribution in [3.05, 3.63) is 48.5 Å². The van der Waals surface area contributed by atoms with E-state index in [4.69, 9.17) is 0 Å². The van der Waals surface area contributed by atoms with Gasteiger partial charge < -0.3 is 4.98 Å². The second-order valence-electron chi connectivity index (χ2n) is 3.12. The molecule has 2 aromatic carbocycles. The molecule has 0 amide bonds. The minimum atomic E-state index is 0. The average Bonchev–Trinajstić information content (AvgIpc) is 2.26. The molecule has 0 aliphatic heterocycles. The van der Waals surface area contributed by atoms with Crippen LogP contribution in [0.4, 0.5) is 0 Å². The predicted octanol–water partition coefficient (Wildman–Crippen LogP) is 2.58. The first-order chi connectivity index (χ1) is 6.93. The van der Waals surface area contributed by atoms with E-state index in [1.165, 1.54) is 0 Å². The Hall–Kier alpha value is -1.34. The van der Waals surface area contributed by atoms with E-state index < -0.39 is 0 Å². The number of aromatic nitrogens is 2. The third-order valence-electron chi connectivity index (χ3n) is 2.17. The molecule has 0 fully saturated rings. The topological polar surface area (TPSA) is 25.8 Å². The maximum atomic E-state index is 4.48. The van der Waals surface area contributed by atoms with E-state index >= 15 is 0 Å². The predicted molar refractivity (Wildman–Crippen MR) is 55.9 cm³/mol. The Morgan fingerprint density at radius 2 is 1.47 bits per heavy atom. The monoisotopic (exact) mass is 282 g/mol. The van der Waals surface area contributed by atoms with E-state index in [0.717, 1.165) is 22.1 Å². The van der Waals surface area contributed by atoms with Crippen LogP contribution in [0, 0.1) is 6.07 Å². The summed E-state index contributed by atoms with van der Waals surface area (Å²) >= 11 is 0. The second-order valence-corrected chi connectivity index (χ2v) is 3.12. The zero-order valence-corrected chi connectivity index (χ0v) is 9.41. The number of hydrogen-bond donors (Lipinski definition) is 0. The molecule has 0 unspecified atom stereocenters. The fourth-order valence-electron chi connectivity index (χ4n) is 1.50. The second kappa shape index (κ2) is 4.03. The van der Waals surface area contributed by atoms with Crippen LogP contribution in [-0.4, -0.2) is 9.97 Å². The Kier molecular flexibility index (Phi) is 2.74. The molecule has 0 spiro atoms. The summed E-state index contributed by atoms with van der Waals surface area (Å²) in [6.07, 6.45) is 0. The Bertz CT molecular complexity index is 502. The molecule has 0 atom stereocenters. The quantitative estimate of drug-likeness (QED) is 0.360. The van der Waals surface area contributed by atoms with Crippen LogP contribution in [0.5, 0.6) is 0 Å². The van der Waals surface area contributed by atoms with Gasteiger partial charge in [0.2, 0.25) is 0 Å². The van der Waals surface area contributed by atoms with Crippen molar-refractivity contribution in [2.24, 2.45) is 0 Å². The van der Waals surface area contributed by atoms with E-state index in [1.807, 2.05) is 42.5 Å². The van der Waals surface area contributed by atoms with Crippen LogP contribution in [0.15, 0.2) is 42.5 Å². The van der Waals surface area contributed by atoms with Crippen molar-refractivity contribution >= 4 is 22.1 Å². The smallest absolute Gasteiger partial charge is 0.0855 e. The minimum absolute atomic E-state index is 0. The summed E-state index contributed by atoms with van der Waals surface area (Å²) in [4.78, 5) is 8.94. The summed E-state index contributed by atoms with van der Waals surface area (Å²) < 4.78 is 0. The molecule has 3 aromatic rings. The van der Waals surface area contributed by atoms with Crippen molar-refractivity contribution in [3.8, 4) is 0 Å². The van der Waals surface area contributed by atoms with Gasteiger partial charge in [-0.2, -0.15) is 18.2 Å². The number of hydrogen-bond acceptors (Lipinski definition) is 2. The molecule has 0 bridgehead atoms. The van der Waals surface area contributed by atoms with Gasteiger partial charge in [0.25, 0.3) is 0 Å². The van der Waals surface area contributed by atoms with Crippen LogP contribution in [0.1, 0.15) is 0 Å². The number of benzene rings is 2. The molecule has 1 heterocycles. The largest absolute Gasteiger partial charge is 0.309 e. The molecule has 0 N–H and O–H groups in total. The summed E-state index contributed by atoms with van der Waals surface area (Å²) in [6.45, 7) is 0. The molecule has 15 heavy (non-hydrogen) atoms. The van der Waals surface area contributed by atoms with E-state index in [9.17, 15) is 0 Å². The van der Waals surface area contributed by atoms with Crippen molar-refractivity contribution in [2.45, 2.75) is 0 Å². The van der Waals surface area contributed by atoms with Crippen molar-refractivity contribution in [1.82, 2.24) is 9.97 Å². The Morgan fingerprint density at radius 3 is 2.27 bits per heavy atom. The fraction of sp³-hybridized carbons (Fsp3) is 0. The number of rotatable bonds is 0. The molecule has 0 saturated heterocycles. The van der Waals surface area contributed by atoms with Crippen molar-refractivity contribution in [2.75, 3.05) is 0 Å². The van der Waals surface area contributed by atoms with Gasteiger partial charge in [-0.25, -0.2) is 0 Å². The molecule has 1 radical (unpaired) electrons. The van der Waals surface area contributed by atoms with Crippen LogP contribution in [-0.2, 0) is 19.5 Å². The molecule has 3 rings (SSSR count). The zero-order chi connectivity index (χ0) is 9.38. The first kappa shape index (κ1) is 10.2. The van der Waals surface area contributed by atoms with Gasteiger partial charge in [0.1, 0.15) is 0 Å². The van der Waals surface area contributed by atoms with Gasteiger partial charge in [-0.05, 0) is 23.2 Å². The van der Waals surface area contributed by atoms with Crippen LogP contribution < -0.4 is 0 Å². The van der Waals surface area contributed by atoms with Crippen LogP contribution in [0.3, 0.4) is 0 Å². The van der Waals surface area contributed by atoms with E-state index in [1.54, 1.807) is 0 Å². The van der Waals surface area contributed by atoms with E-state index in [-0.39, 0.29) is 19.5 Å². The minimum Gasteiger partial charge on any atom is -0.309 e. The van der Waals surface area contributed by atoms with Gasteiger partial charge in [0, 0.05) is 19.5 Å². The van der Waals surface area contributed by atoms with Crippen LogP contribution in [0.25, 0.3) is 22.1 Å². The summed E-state index contributed by atoms with van der Waals surface area (Å²) in [5.74, 6) is 0. The Balaban J connectivity index is 0.000000853. The van der Waals surface area contributed by atoms with Crippen molar-refractivity contribution < 1.29 is 19.5 Å². The molecule has 0 saturated carbocycles. The molecular weight excluding hydrogens is 275 g/mol. The molecule has 3 heteroatoms. The van der Waals surface area contributed by atoms with E-state index in [2.05, 4.69) is 16.0 Å². The maximum absolute atomic E-state index is 4.48. The molecule has 1 aromatic heterocycles. The Labute approximate surface area is 100 Å². The van der Waals surface area contributed by atoms with Crippen LogP contribution >= 0.6 is 0 Å². The normalized spacial score (nSPS) is 10.1. The number of para-hydroxylation sites is 3. The average molecular weight is 282 g/mol. The summed E-state index contributed by atoms with van der Waals surface area (Å²) in [7, 11) is 0. The van der Waals surface area contributed by atoms with Gasteiger partial charge in [0.15, 0.2) is 0 Å². The van der Waals surface area contributed by atoms with Crippen molar-refractivity contribution in [1.29, 1.82) is 0 Å². The Morgan fingerprint density at radius 1 is 0.800 bits per heavy atom. The first-order valence-corrected chi connectivity index (χ1v) is 4.47. The van der Waals surface area contributed by atoms with E-state index in [0.29, 0.717) is 0 Å². The van der Waals surface area contributed by atoms with Gasteiger partial charge in [-0.15, -0.1) is 6.07 Å². The first-order valence-electron chi connectivity index (χ1n) is 4.47. The van der Waals surface area contributed by atoms with Crippen molar-refractivity contribution in [3.63, 3.8) is 0 Å². The van der Waals surface area contributed by atoms with Gasteiger partial charge in [-0.3, -0.25) is 4.98 Å². The fourth-order valence-corrected chi connectivity index (χ4v) is 1.50. The molecule has 2 nitrogen and oxygen atoms in total. The molecule has 0 aliphatic carbocycles. The zero-order valence-electron chi connectivity index (χ0n) is 7.77.